The number of amides is 1. The molecule has 3 rings (SSSR count). The molecule has 1 saturated heterocycles. The minimum Gasteiger partial charge on any atom is -0.490 e. The molecule has 1 heterocycles. The number of halogens is 1. The molecular weight excluding hydrogens is 365 g/mol. The number of carbonyl (C=O) groups excluding carboxylic acids is 1. The number of carboxylic acids is 1. The summed E-state index contributed by atoms with van der Waals surface area (Å²) in [5.74, 6) is -0.634. The highest BCUT2D eigenvalue weighted by Gasteiger charge is 2.33. The zero-order valence-electron chi connectivity index (χ0n) is 15.3. The van der Waals surface area contributed by atoms with Crippen molar-refractivity contribution in [3.05, 3.63) is 59.9 Å². The summed E-state index contributed by atoms with van der Waals surface area (Å²) in [5.41, 5.74) is 1.04. The molecule has 1 aliphatic rings. The number of hydrogen-bond acceptors (Lipinski definition) is 4. The second-order valence-electron chi connectivity index (χ2n) is 6.62. The minimum atomic E-state index is -0.916. The number of likely N-dealkylation sites (tertiary alicyclic amines) is 1. The quantitative estimate of drug-likeness (QED) is 0.670. The number of benzene rings is 2. The van der Waals surface area contributed by atoms with Crippen LogP contribution in [0.1, 0.15) is 12.0 Å². The fraction of sp³-hybridized carbons (Fsp3) is 0.333. The highest BCUT2D eigenvalue weighted by atomic mass is 19.1. The lowest BCUT2D eigenvalue weighted by molar-refractivity contribution is -0.141. The summed E-state index contributed by atoms with van der Waals surface area (Å²) in [7, 11) is 0. The van der Waals surface area contributed by atoms with Crippen molar-refractivity contribution in [2.75, 3.05) is 26.3 Å². The molecule has 0 spiro atoms. The van der Waals surface area contributed by atoms with Crippen molar-refractivity contribution in [1.29, 1.82) is 0 Å². The van der Waals surface area contributed by atoms with E-state index in [-0.39, 0.29) is 24.7 Å². The maximum absolute atomic E-state index is 12.8. The number of carboxylic acid groups (broad SMARTS) is 1. The maximum atomic E-state index is 12.8. The van der Waals surface area contributed by atoms with Crippen LogP contribution in [0, 0.1) is 11.7 Å². The lowest BCUT2D eigenvalue weighted by Crippen LogP contribution is -2.28. The molecule has 1 aliphatic heterocycles. The first kappa shape index (κ1) is 19.7. The first-order valence-corrected chi connectivity index (χ1v) is 9.12. The Morgan fingerprint density at radius 3 is 2.14 bits per heavy atom. The molecule has 0 radical (unpaired) electrons. The summed E-state index contributed by atoms with van der Waals surface area (Å²) >= 11 is 0. The molecule has 1 fully saturated rings. The second-order valence-corrected chi connectivity index (χ2v) is 6.62. The van der Waals surface area contributed by atoms with Crippen molar-refractivity contribution in [2.24, 2.45) is 5.92 Å². The van der Waals surface area contributed by atoms with Crippen LogP contribution in [0.4, 0.5) is 4.39 Å². The molecule has 6 nitrogen and oxygen atoms in total. The zero-order valence-corrected chi connectivity index (χ0v) is 15.3. The molecule has 0 bridgehead atoms. The van der Waals surface area contributed by atoms with Crippen LogP contribution in [0.3, 0.4) is 0 Å². The van der Waals surface area contributed by atoms with E-state index in [4.69, 9.17) is 14.6 Å². The van der Waals surface area contributed by atoms with E-state index in [1.807, 2.05) is 24.3 Å². The van der Waals surface area contributed by atoms with Crippen LogP contribution in [0.5, 0.6) is 11.5 Å². The Morgan fingerprint density at radius 2 is 1.61 bits per heavy atom. The van der Waals surface area contributed by atoms with E-state index in [0.29, 0.717) is 37.7 Å². The van der Waals surface area contributed by atoms with Crippen molar-refractivity contribution in [2.45, 2.75) is 12.8 Å². The fourth-order valence-corrected chi connectivity index (χ4v) is 3.02. The van der Waals surface area contributed by atoms with Crippen LogP contribution in [-0.4, -0.2) is 48.2 Å². The van der Waals surface area contributed by atoms with Crippen LogP contribution >= 0.6 is 0 Å². The highest BCUT2D eigenvalue weighted by Crippen LogP contribution is 2.19. The molecule has 0 saturated carbocycles. The number of hydrogen-bond donors (Lipinski definition) is 1. The first-order valence-electron chi connectivity index (χ1n) is 9.12. The topological polar surface area (TPSA) is 76.1 Å². The van der Waals surface area contributed by atoms with Gasteiger partial charge in [0.15, 0.2) is 0 Å². The number of rotatable bonds is 9. The Labute approximate surface area is 162 Å². The summed E-state index contributed by atoms with van der Waals surface area (Å²) in [4.78, 5) is 24.4. The number of carbonyl (C=O) groups is 2. The summed E-state index contributed by atoms with van der Waals surface area (Å²) in [6, 6.07) is 13.3. The third-order valence-corrected chi connectivity index (χ3v) is 4.59. The number of ether oxygens (including phenoxy) is 2. The Bertz CT molecular complexity index is 807. The first-order chi connectivity index (χ1) is 13.5. The Hall–Kier alpha value is -3.09. The van der Waals surface area contributed by atoms with E-state index in [0.717, 1.165) is 5.56 Å². The molecule has 1 atom stereocenters. The van der Waals surface area contributed by atoms with Gasteiger partial charge in [0.2, 0.25) is 5.91 Å². The van der Waals surface area contributed by atoms with Gasteiger partial charge in [0.25, 0.3) is 0 Å². The lowest BCUT2D eigenvalue weighted by Gasteiger charge is -2.16. The standard InChI is InChI=1S/C21H22FNO5/c22-17-3-7-19(8-4-17)28-12-11-27-18-5-1-15(2-6-18)9-10-23-14-16(21(25)26)13-20(23)24/h1-8,16H,9-14H2,(H,25,26). The molecule has 0 aromatic heterocycles. The normalized spacial score (nSPS) is 16.2. The summed E-state index contributed by atoms with van der Waals surface area (Å²) < 4.78 is 23.9. The van der Waals surface area contributed by atoms with Crippen molar-refractivity contribution in [1.82, 2.24) is 4.90 Å². The van der Waals surface area contributed by atoms with Gasteiger partial charge in [-0.3, -0.25) is 9.59 Å². The summed E-state index contributed by atoms with van der Waals surface area (Å²) in [6.07, 6.45) is 0.744. The van der Waals surface area contributed by atoms with Crippen LogP contribution in [0.25, 0.3) is 0 Å². The smallest absolute Gasteiger partial charge is 0.308 e. The molecule has 7 heteroatoms. The second kappa shape index (κ2) is 9.21. The van der Waals surface area contributed by atoms with Gasteiger partial charge in [0.05, 0.1) is 5.92 Å². The Kier molecular flexibility index (Phi) is 6.47. The van der Waals surface area contributed by atoms with Gasteiger partial charge in [-0.05, 0) is 48.4 Å². The summed E-state index contributed by atoms with van der Waals surface area (Å²) in [5, 5.41) is 9.01. The maximum Gasteiger partial charge on any atom is 0.308 e. The van der Waals surface area contributed by atoms with E-state index in [2.05, 4.69) is 0 Å². The molecule has 1 unspecified atom stereocenters. The molecule has 28 heavy (non-hydrogen) atoms. The van der Waals surface area contributed by atoms with Gasteiger partial charge >= 0.3 is 5.97 Å². The third kappa shape index (κ3) is 5.45. The minimum absolute atomic E-state index is 0.0854. The van der Waals surface area contributed by atoms with E-state index in [9.17, 15) is 14.0 Å². The summed E-state index contributed by atoms with van der Waals surface area (Å²) in [6.45, 7) is 1.49. The molecule has 2 aromatic carbocycles. The van der Waals surface area contributed by atoms with Crippen LogP contribution in [0.2, 0.25) is 0 Å². The van der Waals surface area contributed by atoms with Gasteiger partial charge in [0.1, 0.15) is 30.5 Å². The third-order valence-electron chi connectivity index (χ3n) is 4.59. The largest absolute Gasteiger partial charge is 0.490 e. The van der Waals surface area contributed by atoms with Crippen LogP contribution in [-0.2, 0) is 16.0 Å². The van der Waals surface area contributed by atoms with Gasteiger partial charge in [-0.15, -0.1) is 0 Å². The van der Waals surface area contributed by atoms with Gasteiger partial charge in [0, 0.05) is 19.5 Å². The van der Waals surface area contributed by atoms with Crippen molar-refractivity contribution in [3.63, 3.8) is 0 Å². The lowest BCUT2D eigenvalue weighted by atomic mass is 10.1. The van der Waals surface area contributed by atoms with Crippen LogP contribution in [0.15, 0.2) is 48.5 Å². The van der Waals surface area contributed by atoms with Gasteiger partial charge < -0.3 is 19.5 Å². The van der Waals surface area contributed by atoms with E-state index in [1.54, 1.807) is 17.0 Å². The zero-order chi connectivity index (χ0) is 19.9. The molecular formula is C21H22FNO5. The number of nitrogens with zero attached hydrogens (tertiary/aromatic N) is 1. The molecule has 148 valence electrons. The van der Waals surface area contributed by atoms with Gasteiger partial charge in [-0.1, -0.05) is 12.1 Å². The van der Waals surface area contributed by atoms with Crippen molar-refractivity contribution < 1.29 is 28.6 Å². The molecule has 2 aromatic rings. The van der Waals surface area contributed by atoms with Crippen molar-refractivity contribution in [3.8, 4) is 11.5 Å². The van der Waals surface area contributed by atoms with Crippen molar-refractivity contribution >= 4 is 11.9 Å². The predicted octanol–water partition coefficient (Wildman–Crippen LogP) is 2.76. The van der Waals surface area contributed by atoms with E-state index >= 15 is 0 Å². The van der Waals surface area contributed by atoms with Gasteiger partial charge in [-0.2, -0.15) is 0 Å². The van der Waals surface area contributed by atoms with Crippen LogP contribution < -0.4 is 9.47 Å². The Morgan fingerprint density at radius 1 is 1.04 bits per heavy atom. The van der Waals surface area contributed by atoms with E-state index < -0.39 is 11.9 Å². The SMILES string of the molecule is O=C(O)C1CC(=O)N(CCc2ccc(OCCOc3ccc(F)cc3)cc2)C1. The predicted molar refractivity (Wildman–Crippen MR) is 99.9 cm³/mol. The fourth-order valence-electron chi connectivity index (χ4n) is 3.02. The average Bonchev–Trinajstić information content (AvgIpc) is 3.07. The molecule has 1 N–H and O–H groups in total. The van der Waals surface area contributed by atoms with E-state index in [1.165, 1.54) is 12.1 Å². The molecule has 1 amide bonds. The highest BCUT2D eigenvalue weighted by molar-refractivity contribution is 5.86. The average molecular weight is 387 g/mol. The Balaban J connectivity index is 1.38. The molecule has 0 aliphatic carbocycles. The number of aliphatic carboxylic acids is 1. The monoisotopic (exact) mass is 387 g/mol. The van der Waals surface area contributed by atoms with Gasteiger partial charge in [-0.25, -0.2) is 4.39 Å².